The lowest BCUT2D eigenvalue weighted by molar-refractivity contribution is 0.425. The van der Waals surface area contributed by atoms with E-state index in [0.29, 0.717) is 12.4 Å². The molecule has 0 aliphatic rings. The normalized spacial score (nSPS) is 10.4. The highest BCUT2D eigenvalue weighted by molar-refractivity contribution is 6.30. The van der Waals surface area contributed by atoms with Gasteiger partial charge in [-0.05, 0) is 25.2 Å². The molecule has 5 heteroatoms. The molecule has 0 bridgehead atoms. The smallest absolute Gasteiger partial charge is 0.219 e. The van der Waals surface area contributed by atoms with E-state index in [1.807, 2.05) is 13.1 Å². The van der Waals surface area contributed by atoms with Gasteiger partial charge in [-0.25, -0.2) is 9.37 Å². The molecule has 3 nitrogen and oxygen atoms in total. The van der Waals surface area contributed by atoms with Crippen molar-refractivity contribution in [1.29, 1.82) is 0 Å². The Kier molecular flexibility index (Phi) is 4.12. The average Bonchev–Trinajstić information content (AvgIpc) is 2.36. The highest BCUT2D eigenvalue weighted by atomic mass is 35.5. The third-order valence-electron chi connectivity index (χ3n) is 2.27. The molecule has 94 valence electrons. The molecule has 0 atom stereocenters. The zero-order chi connectivity index (χ0) is 13.0. The summed E-state index contributed by atoms with van der Waals surface area (Å²) < 4.78 is 19.0. The molecule has 0 radical (unpaired) electrons. The first-order valence-electron chi connectivity index (χ1n) is 5.43. The van der Waals surface area contributed by atoms with E-state index in [0.717, 1.165) is 5.69 Å². The summed E-state index contributed by atoms with van der Waals surface area (Å²) in [5.41, 5.74) is 0.817. The molecule has 0 amide bonds. The molecule has 0 spiro atoms. The predicted molar refractivity (Wildman–Crippen MR) is 68.5 cm³/mol. The number of nitrogens with one attached hydrogen (secondary N) is 1. The van der Waals surface area contributed by atoms with Crippen molar-refractivity contribution < 1.29 is 9.13 Å². The van der Waals surface area contributed by atoms with E-state index in [1.54, 1.807) is 18.2 Å². The minimum atomic E-state index is -0.583. The number of hydrogen-bond acceptors (Lipinski definition) is 3. The topological polar surface area (TPSA) is 34.1 Å². The van der Waals surface area contributed by atoms with Crippen molar-refractivity contribution in [3.05, 3.63) is 52.9 Å². The van der Waals surface area contributed by atoms with E-state index in [-0.39, 0.29) is 10.8 Å². The molecule has 1 N–H and O–H groups in total. The number of nitrogens with zero attached hydrogens (tertiary/aromatic N) is 1. The molecule has 1 aromatic carbocycles. The minimum absolute atomic E-state index is 0.0267. The summed E-state index contributed by atoms with van der Waals surface area (Å²) in [7, 11) is 1.83. The Hall–Kier alpha value is -1.65. The second-order valence-electron chi connectivity index (χ2n) is 3.65. The van der Waals surface area contributed by atoms with E-state index < -0.39 is 5.82 Å². The first-order chi connectivity index (χ1) is 8.70. The third kappa shape index (κ3) is 2.97. The van der Waals surface area contributed by atoms with Crippen molar-refractivity contribution in [1.82, 2.24) is 10.3 Å². The minimum Gasteiger partial charge on any atom is -0.436 e. The van der Waals surface area contributed by atoms with Gasteiger partial charge in [0, 0.05) is 12.6 Å². The van der Waals surface area contributed by atoms with Crippen LogP contribution in [0.4, 0.5) is 4.39 Å². The molecule has 0 saturated carbocycles. The monoisotopic (exact) mass is 266 g/mol. The number of halogens is 2. The van der Waals surface area contributed by atoms with Gasteiger partial charge in [0.15, 0.2) is 11.6 Å². The fraction of sp³-hybridized carbons (Fsp3) is 0.154. The van der Waals surface area contributed by atoms with E-state index >= 15 is 0 Å². The van der Waals surface area contributed by atoms with Crippen molar-refractivity contribution in [2.24, 2.45) is 0 Å². The summed E-state index contributed by atoms with van der Waals surface area (Å²) in [5.74, 6) is -0.180. The van der Waals surface area contributed by atoms with Gasteiger partial charge in [0.25, 0.3) is 0 Å². The van der Waals surface area contributed by atoms with Crippen molar-refractivity contribution in [3.63, 3.8) is 0 Å². The lowest BCUT2D eigenvalue weighted by atomic mass is 10.3. The van der Waals surface area contributed by atoms with Crippen LogP contribution in [0, 0.1) is 5.82 Å². The Labute approximate surface area is 110 Å². The van der Waals surface area contributed by atoms with Gasteiger partial charge in [-0.15, -0.1) is 0 Å². The maximum atomic E-state index is 13.6. The summed E-state index contributed by atoms with van der Waals surface area (Å²) in [6.45, 7) is 0.620. The molecular formula is C13H12ClFN2O. The number of rotatable bonds is 4. The first kappa shape index (κ1) is 12.8. The maximum absolute atomic E-state index is 13.6. The quantitative estimate of drug-likeness (QED) is 0.921. The van der Waals surface area contributed by atoms with Crippen molar-refractivity contribution in [2.75, 3.05) is 7.05 Å². The molecule has 0 saturated heterocycles. The van der Waals surface area contributed by atoms with Crippen LogP contribution in [0.5, 0.6) is 11.6 Å². The van der Waals surface area contributed by atoms with Crippen LogP contribution in [0.15, 0.2) is 36.4 Å². The number of aromatic nitrogens is 1. The van der Waals surface area contributed by atoms with Gasteiger partial charge < -0.3 is 10.1 Å². The number of hydrogen-bond donors (Lipinski definition) is 1. The highest BCUT2D eigenvalue weighted by Crippen LogP contribution is 2.27. The van der Waals surface area contributed by atoms with Crippen LogP contribution >= 0.6 is 11.6 Å². The fourth-order valence-corrected chi connectivity index (χ4v) is 1.64. The van der Waals surface area contributed by atoms with Crippen LogP contribution < -0.4 is 10.1 Å². The summed E-state index contributed by atoms with van der Waals surface area (Å²) in [5, 5.41) is 3.01. The molecule has 1 aromatic heterocycles. The van der Waals surface area contributed by atoms with Crippen molar-refractivity contribution in [2.45, 2.75) is 6.54 Å². The second-order valence-corrected chi connectivity index (χ2v) is 4.06. The molecule has 0 fully saturated rings. The third-order valence-corrected chi connectivity index (χ3v) is 2.56. The number of pyridine rings is 1. The summed E-state index contributed by atoms with van der Waals surface area (Å²) in [6, 6.07) is 9.93. The molecular weight excluding hydrogens is 255 g/mol. The Morgan fingerprint density at radius 3 is 2.83 bits per heavy atom. The Balaban J connectivity index is 2.23. The molecule has 18 heavy (non-hydrogen) atoms. The van der Waals surface area contributed by atoms with E-state index in [9.17, 15) is 4.39 Å². The number of benzene rings is 1. The Morgan fingerprint density at radius 2 is 2.06 bits per heavy atom. The van der Waals surface area contributed by atoms with Gasteiger partial charge in [-0.2, -0.15) is 0 Å². The average molecular weight is 267 g/mol. The van der Waals surface area contributed by atoms with E-state index in [1.165, 1.54) is 12.1 Å². The number of ether oxygens (including phenoxy) is 1. The lowest BCUT2D eigenvalue weighted by Gasteiger charge is -2.07. The van der Waals surface area contributed by atoms with Crippen molar-refractivity contribution in [3.8, 4) is 11.6 Å². The van der Waals surface area contributed by atoms with Gasteiger partial charge in [0.05, 0.1) is 10.7 Å². The van der Waals surface area contributed by atoms with Gasteiger partial charge in [0.2, 0.25) is 5.88 Å². The summed E-state index contributed by atoms with van der Waals surface area (Å²) >= 11 is 5.68. The van der Waals surface area contributed by atoms with Crippen LogP contribution in [-0.2, 0) is 6.54 Å². The fourth-order valence-electron chi connectivity index (χ4n) is 1.47. The summed E-state index contributed by atoms with van der Waals surface area (Å²) in [6.07, 6.45) is 0. The predicted octanol–water partition coefficient (Wildman–Crippen LogP) is 3.39. The zero-order valence-electron chi connectivity index (χ0n) is 9.78. The van der Waals surface area contributed by atoms with Crippen LogP contribution in [0.25, 0.3) is 0 Å². The lowest BCUT2D eigenvalue weighted by Crippen LogP contribution is -2.07. The van der Waals surface area contributed by atoms with Gasteiger partial charge in [-0.1, -0.05) is 23.7 Å². The molecule has 1 heterocycles. The first-order valence-corrected chi connectivity index (χ1v) is 5.81. The van der Waals surface area contributed by atoms with Crippen LogP contribution in [0.1, 0.15) is 5.69 Å². The van der Waals surface area contributed by atoms with Crippen molar-refractivity contribution >= 4 is 11.6 Å². The van der Waals surface area contributed by atoms with Crippen LogP contribution in [-0.4, -0.2) is 12.0 Å². The SMILES string of the molecule is CNCc1cccc(Oc2cccc(Cl)c2F)n1. The standard InChI is InChI=1S/C13H12ClFN2O/c1-16-8-9-4-2-7-12(17-9)18-11-6-3-5-10(14)13(11)15/h2-7,16H,8H2,1H3. The Bertz CT molecular complexity index is 548. The van der Waals surface area contributed by atoms with Gasteiger partial charge in [0.1, 0.15) is 0 Å². The molecule has 2 rings (SSSR count). The van der Waals surface area contributed by atoms with E-state index in [4.69, 9.17) is 16.3 Å². The zero-order valence-corrected chi connectivity index (χ0v) is 10.5. The molecule has 0 aliphatic carbocycles. The second kappa shape index (κ2) is 5.80. The van der Waals surface area contributed by atoms with Crippen LogP contribution in [0.3, 0.4) is 0 Å². The van der Waals surface area contributed by atoms with Crippen LogP contribution in [0.2, 0.25) is 5.02 Å². The van der Waals surface area contributed by atoms with Gasteiger partial charge >= 0.3 is 0 Å². The maximum Gasteiger partial charge on any atom is 0.219 e. The van der Waals surface area contributed by atoms with Gasteiger partial charge in [-0.3, -0.25) is 0 Å². The molecule has 0 unspecified atom stereocenters. The van der Waals surface area contributed by atoms with E-state index in [2.05, 4.69) is 10.3 Å². The molecule has 2 aromatic rings. The largest absolute Gasteiger partial charge is 0.436 e. The highest BCUT2D eigenvalue weighted by Gasteiger charge is 2.09. The molecule has 0 aliphatic heterocycles. The summed E-state index contributed by atoms with van der Waals surface area (Å²) in [4.78, 5) is 4.23. The Morgan fingerprint density at radius 1 is 1.28 bits per heavy atom.